The molecule has 1 amide bonds. The van der Waals surface area contributed by atoms with Crippen molar-refractivity contribution in [3.05, 3.63) is 23.3 Å². The first-order valence-electron chi connectivity index (χ1n) is 5.10. The molecule has 1 aromatic heterocycles. The molecule has 1 aromatic carbocycles. The topological polar surface area (TPSA) is 86.9 Å². The van der Waals surface area contributed by atoms with Gasteiger partial charge in [-0.1, -0.05) is 0 Å². The number of primary amides is 1. The molecule has 0 fully saturated rings. The van der Waals surface area contributed by atoms with Crippen molar-refractivity contribution in [3.63, 3.8) is 0 Å². The molecule has 5 heteroatoms. The third-order valence-corrected chi connectivity index (χ3v) is 2.66. The zero-order valence-electron chi connectivity index (χ0n) is 9.32. The number of nitrogens with two attached hydrogens (primary N) is 2. The molecule has 0 atom stereocenters. The van der Waals surface area contributed by atoms with E-state index in [-0.39, 0.29) is 0 Å². The van der Waals surface area contributed by atoms with Crippen LogP contribution in [0.1, 0.15) is 22.8 Å². The monoisotopic (exact) mass is 218 g/mol. The van der Waals surface area contributed by atoms with Crippen molar-refractivity contribution in [1.29, 1.82) is 0 Å². The van der Waals surface area contributed by atoms with E-state index in [0.29, 0.717) is 17.0 Å². The van der Waals surface area contributed by atoms with E-state index in [9.17, 15) is 4.79 Å². The van der Waals surface area contributed by atoms with Crippen LogP contribution in [0.25, 0.3) is 11.0 Å². The molecule has 16 heavy (non-hydrogen) atoms. The number of nitrogens with zero attached hydrogens (tertiary/aromatic N) is 2. The Morgan fingerprint density at radius 3 is 2.75 bits per heavy atom. The molecule has 0 aliphatic rings. The van der Waals surface area contributed by atoms with Crippen LogP contribution in [0.2, 0.25) is 0 Å². The van der Waals surface area contributed by atoms with Crippen LogP contribution in [0.4, 0.5) is 5.95 Å². The average molecular weight is 218 g/mol. The van der Waals surface area contributed by atoms with E-state index >= 15 is 0 Å². The lowest BCUT2D eigenvalue weighted by Gasteiger charge is -2.05. The molecule has 84 valence electrons. The van der Waals surface area contributed by atoms with Crippen molar-refractivity contribution in [1.82, 2.24) is 9.55 Å². The summed E-state index contributed by atoms with van der Waals surface area (Å²) in [5.74, 6) is 0.0110. The molecular weight excluding hydrogens is 204 g/mol. The van der Waals surface area contributed by atoms with Gasteiger partial charge in [0.05, 0.1) is 11.0 Å². The van der Waals surface area contributed by atoms with Gasteiger partial charge in [0, 0.05) is 12.1 Å². The first kappa shape index (κ1) is 10.5. The van der Waals surface area contributed by atoms with Gasteiger partial charge in [0.15, 0.2) is 0 Å². The summed E-state index contributed by atoms with van der Waals surface area (Å²) in [7, 11) is 0. The van der Waals surface area contributed by atoms with Gasteiger partial charge in [-0.2, -0.15) is 0 Å². The zero-order valence-corrected chi connectivity index (χ0v) is 9.32. The predicted octanol–water partition coefficient (Wildman–Crippen LogP) is 1.05. The number of imidazole rings is 1. The number of hydrogen-bond acceptors (Lipinski definition) is 3. The van der Waals surface area contributed by atoms with Crippen LogP contribution in [-0.2, 0) is 6.54 Å². The van der Waals surface area contributed by atoms with Gasteiger partial charge >= 0.3 is 0 Å². The van der Waals surface area contributed by atoms with Crippen LogP contribution >= 0.6 is 0 Å². The molecule has 0 saturated heterocycles. The summed E-state index contributed by atoms with van der Waals surface area (Å²) in [5.41, 5.74) is 14.1. The molecular formula is C11H14N4O. The number of fused-ring (bicyclic) bond motifs is 1. The Morgan fingerprint density at radius 1 is 1.50 bits per heavy atom. The van der Waals surface area contributed by atoms with Gasteiger partial charge in [-0.3, -0.25) is 4.79 Å². The Hall–Kier alpha value is -2.04. The summed E-state index contributed by atoms with van der Waals surface area (Å²) in [5, 5.41) is 0. The largest absolute Gasteiger partial charge is 0.369 e. The number of hydrogen-bond donors (Lipinski definition) is 2. The van der Waals surface area contributed by atoms with Gasteiger partial charge in [-0.25, -0.2) is 4.98 Å². The van der Waals surface area contributed by atoms with Gasteiger partial charge in [-0.05, 0) is 31.5 Å². The van der Waals surface area contributed by atoms with Gasteiger partial charge in [0.1, 0.15) is 0 Å². The number of carbonyl (C=O) groups excluding carboxylic acids is 1. The Morgan fingerprint density at radius 2 is 2.19 bits per heavy atom. The lowest BCUT2D eigenvalue weighted by molar-refractivity contribution is 0.100. The van der Waals surface area contributed by atoms with E-state index in [0.717, 1.165) is 17.6 Å². The average Bonchev–Trinajstić information content (AvgIpc) is 2.53. The normalized spacial score (nSPS) is 10.9. The van der Waals surface area contributed by atoms with Gasteiger partial charge < -0.3 is 16.0 Å². The van der Waals surface area contributed by atoms with E-state index in [1.807, 2.05) is 18.4 Å². The number of aryl methyl sites for hydroxylation is 2. The molecule has 0 bridgehead atoms. The first-order chi connectivity index (χ1) is 7.54. The molecule has 0 saturated carbocycles. The maximum absolute atomic E-state index is 11.1. The number of anilines is 1. The summed E-state index contributed by atoms with van der Waals surface area (Å²) in [6.07, 6.45) is 0. The smallest absolute Gasteiger partial charge is 0.248 e. The maximum atomic E-state index is 11.1. The molecule has 2 rings (SSSR count). The summed E-state index contributed by atoms with van der Waals surface area (Å²) in [6, 6.07) is 3.44. The van der Waals surface area contributed by atoms with Crippen LogP contribution in [0.3, 0.4) is 0 Å². The van der Waals surface area contributed by atoms with Crippen molar-refractivity contribution in [2.24, 2.45) is 5.73 Å². The van der Waals surface area contributed by atoms with Gasteiger partial charge in [0.25, 0.3) is 0 Å². The molecule has 0 aliphatic carbocycles. The van der Waals surface area contributed by atoms with E-state index in [1.165, 1.54) is 0 Å². The second-order valence-corrected chi connectivity index (χ2v) is 3.74. The molecule has 0 spiro atoms. The maximum Gasteiger partial charge on any atom is 0.248 e. The minimum absolute atomic E-state index is 0.449. The van der Waals surface area contributed by atoms with Crippen LogP contribution in [0.5, 0.6) is 0 Å². The molecule has 4 N–H and O–H groups in total. The van der Waals surface area contributed by atoms with Crippen molar-refractivity contribution < 1.29 is 4.79 Å². The number of nitrogen functional groups attached to an aromatic ring is 1. The lowest BCUT2D eigenvalue weighted by Crippen LogP contribution is -2.11. The number of benzene rings is 1. The molecule has 1 heterocycles. The van der Waals surface area contributed by atoms with Crippen molar-refractivity contribution >= 4 is 22.9 Å². The zero-order chi connectivity index (χ0) is 11.9. The third kappa shape index (κ3) is 1.41. The fraction of sp³-hybridized carbons (Fsp3) is 0.273. The van der Waals surface area contributed by atoms with E-state index in [2.05, 4.69) is 4.98 Å². The van der Waals surface area contributed by atoms with E-state index in [4.69, 9.17) is 11.5 Å². The highest BCUT2D eigenvalue weighted by molar-refractivity contribution is 5.97. The summed E-state index contributed by atoms with van der Waals surface area (Å²) < 4.78 is 1.91. The van der Waals surface area contributed by atoms with Crippen LogP contribution in [0, 0.1) is 6.92 Å². The second kappa shape index (κ2) is 3.52. The summed E-state index contributed by atoms with van der Waals surface area (Å²) in [6.45, 7) is 4.67. The highest BCUT2D eigenvalue weighted by Gasteiger charge is 2.12. The van der Waals surface area contributed by atoms with Crippen molar-refractivity contribution in [2.45, 2.75) is 20.4 Å². The number of rotatable bonds is 2. The van der Waals surface area contributed by atoms with E-state index < -0.39 is 5.91 Å². The molecule has 0 radical (unpaired) electrons. The number of aromatic nitrogens is 2. The van der Waals surface area contributed by atoms with E-state index in [1.54, 1.807) is 12.1 Å². The lowest BCUT2D eigenvalue weighted by atomic mass is 10.1. The number of amides is 1. The molecule has 0 aliphatic heterocycles. The van der Waals surface area contributed by atoms with Crippen LogP contribution < -0.4 is 11.5 Å². The molecule has 2 aromatic rings. The quantitative estimate of drug-likeness (QED) is 0.789. The van der Waals surface area contributed by atoms with Crippen molar-refractivity contribution in [3.8, 4) is 0 Å². The molecule has 0 unspecified atom stereocenters. The Bertz CT molecular complexity index is 571. The number of carbonyl (C=O) groups is 1. The minimum Gasteiger partial charge on any atom is -0.369 e. The SMILES string of the molecule is CCn1c(N)nc2cc(C(N)=O)cc(C)c21. The van der Waals surface area contributed by atoms with Gasteiger partial charge in [-0.15, -0.1) is 0 Å². The second-order valence-electron chi connectivity index (χ2n) is 3.74. The first-order valence-corrected chi connectivity index (χ1v) is 5.10. The summed E-state index contributed by atoms with van der Waals surface area (Å²) >= 11 is 0. The van der Waals surface area contributed by atoms with Crippen LogP contribution in [-0.4, -0.2) is 15.5 Å². The highest BCUT2D eigenvalue weighted by Crippen LogP contribution is 2.23. The fourth-order valence-corrected chi connectivity index (χ4v) is 1.96. The fourth-order valence-electron chi connectivity index (χ4n) is 1.96. The van der Waals surface area contributed by atoms with Crippen LogP contribution in [0.15, 0.2) is 12.1 Å². The molecule has 5 nitrogen and oxygen atoms in total. The van der Waals surface area contributed by atoms with Gasteiger partial charge in [0.2, 0.25) is 11.9 Å². The Balaban J connectivity index is 2.81. The summed E-state index contributed by atoms with van der Waals surface area (Å²) in [4.78, 5) is 15.3. The van der Waals surface area contributed by atoms with Crippen molar-refractivity contribution in [2.75, 3.05) is 5.73 Å². The Kier molecular flexibility index (Phi) is 2.30. The minimum atomic E-state index is -0.449. The standard InChI is InChI=1S/C11H14N4O/c1-3-15-9-6(2)4-7(10(12)16)5-8(9)14-11(15)13/h4-5H,3H2,1-2H3,(H2,12,16)(H2,13,14). The predicted molar refractivity (Wildman–Crippen MR) is 63.1 cm³/mol. The third-order valence-electron chi connectivity index (χ3n) is 2.66. The Labute approximate surface area is 93.1 Å². The highest BCUT2D eigenvalue weighted by atomic mass is 16.1.